The van der Waals surface area contributed by atoms with Crippen LogP contribution in [0, 0.1) is 13.8 Å². The van der Waals surface area contributed by atoms with Gasteiger partial charge in [-0.1, -0.05) is 6.07 Å². The maximum absolute atomic E-state index is 12.7. The van der Waals surface area contributed by atoms with E-state index in [0.29, 0.717) is 6.54 Å². The van der Waals surface area contributed by atoms with E-state index in [9.17, 15) is 4.79 Å². The Morgan fingerprint density at radius 3 is 2.94 bits per heavy atom. The number of anilines is 2. The number of hydrogen-bond acceptors (Lipinski definition) is 5. The van der Waals surface area contributed by atoms with Crippen molar-refractivity contribution < 1.29 is 4.79 Å². The van der Waals surface area contributed by atoms with Gasteiger partial charge in [0.25, 0.3) is 0 Å². The van der Waals surface area contributed by atoms with Crippen LogP contribution >= 0.6 is 0 Å². The van der Waals surface area contributed by atoms with E-state index in [1.807, 2.05) is 56.3 Å². The molecule has 0 spiro atoms. The van der Waals surface area contributed by atoms with Crippen LogP contribution in [-0.2, 0) is 11.8 Å². The standard InChI is InChI=1S/C24H28N6O/c1-17-6-4-10-25-24(17)28-21-12-18(2)27-22(13-21)20-7-5-11-30(16-20)23(31)9-8-19-14-26-29(3)15-19/h4,6,8-10,12-15,20H,5,7,11,16H2,1-3H3,(H,25,27,28)/b9-8+/t20-/m0/s1. The van der Waals surface area contributed by atoms with Crippen LogP contribution in [0.1, 0.15) is 41.3 Å². The number of aromatic nitrogens is 4. The molecule has 0 aromatic carbocycles. The molecule has 0 bridgehead atoms. The topological polar surface area (TPSA) is 75.9 Å². The van der Waals surface area contributed by atoms with Gasteiger partial charge in [-0.2, -0.15) is 5.10 Å². The third-order valence-corrected chi connectivity index (χ3v) is 5.54. The van der Waals surface area contributed by atoms with Gasteiger partial charge in [0.2, 0.25) is 5.91 Å². The number of amides is 1. The number of piperidine rings is 1. The summed E-state index contributed by atoms with van der Waals surface area (Å²) in [5, 5.41) is 7.55. The summed E-state index contributed by atoms with van der Waals surface area (Å²) in [6, 6.07) is 8.08. The van der Waals surface area contributed by atoms with Crippen LogP contribution in [0.4, 0.5) is 11.5 Å². The number of rotatable bonds is 5. The lowest BCUT2D eigenvalue weighted by molar-refractivity contribution is -0.127. The molecule has 7 nitrogen and oxygen atoms in total. The maximum atomic E-state index is 12.7. The third kappa shape index (κ3) is 5.17. The monoisotopic (exact) mass is 416 g/mol. The van der Waals surface area contributed by atoms with Gasteiger partial charge in [-0.25, -0.2) is 4.98 Å². The molecule has 160 valence electrons. The molecule has 1 aliphatic heterocycles. The van der Waals surface area contributed by atoms with Gasteiger partial charge in [0, 0.05) is 67.2 Å². The van der Waals surface area contributed by atoms with Crippen LogP contribution in [0.3, 0.4) is 0 Å². The van der Waals surface area contributed by atoms with Gasteiger partial charge in [0.15, 0.2) is 0 Å². The molecule has 4 heterocycles. The molecule has 1 atom stereocenters. The van der Waals surface area contributed by atoms with Crippen molar-refractivity contribution >= 4 is 23.5 Å². The van der Waals surface area contributed by atoms with Gasteiger partial charge in [0.1, 0.15) is 5.82 Å². The Kier molecular flexibility index (Phi) is 6.11. The Bertz CT molecular complexity index is 1100. The van der Waals surface area contributed by atoms with Crippen molar-refractivity contribution in [2.75, 3.05) is 18.4 Å². The first-order valence-corrected chi connectivity index (χ1v) is 10.6. The zero-order valence-corrected chi connectivity index (χ0v) is 18.2. The Labute approximate surface area is 182 Å². The summed E-state index contributed by atoms with van der Waals surface area (Å²) in [6.07, 6.45) is 10.9. The Balaban J connectivity index is 1.47. The predicted molar refractivity (Wildman–Crippen MR) is 122 cm³/mol. The molecule has 1 saturated heterocycles. The third-order valence-electron chi connectivity index (χ3n) is 5.54. The molecule has 0 radical (unpaired) electrons. The van der Waals surface area contributed by atoms with E-state index < -0.39 is 0 Å². The number of hydrogen-bond donors (Lipinski definition) is 1. The van der Waals surface area contributed by atoms with Crippen molar-refractivity contribution in [1.29, 1.82) is 0 Å². The molecular formula is C24H28N6O. The number of carbonyl (C=O) groups excluding carboxylic acids is 1. The van der Waals surface area contributed by atoms with Gasteiger partial charge < -0.3 is 10.2 Å². The molecule has 31 heavy (non-hydrogen) atoms. The molecular weight excluding hydrogens is 388 g/mol. The van der Waals surface area contributed by atoms with Gasteiger partial charge in [0.05, 0.1) is 6.20 Å². The fourth-order valence-electron chi connectivity index (χ4n) is 3.95. The maximum Gasteiger partial charge on any atom is 0.246 e. The number of nitrogens with one attached hydrogen (secondary N) is 1. The molecule has 1 aliphatic rings. The minimum absolute atomic E-state index is 0.0312. The molecule has 0 aliphatic carbocycles. The molecule has 3 aromatic rings. The minimum Gasteiger partial charge on any atom is -0.340 e. The smallest absolute Gasteiger partial charge is 0.246 e. The van der Waals surface area contributed by atoms with Gasteiger partial charge >= 0.3 is 0 Å². The first-order valence-electron chi connectivity index (χ1n) is 10.6. The fourth-order valence-corrected chi connectivity index (χ4v) is 3.95. The fraction of sp³-hybridized carbons (Fsp3) is 0.333. The van der Waals surface area contributed by atoms with Crippen LogP contribution in [0.5, 0.6) is 0 Å². The quantitative estimate of drug-likeness (QED) is 0.637. The summed E-state index contributed by atoms with van der Waals surface area (Å²) in [7, 11) is 1.86. The van der Waals surface area contributed by atoms with E-state index in [-0.39, 0.29) is 11.8 Å². The Hall–Kier alpha value is -3.48. The van der Waals surface area contributed by atoms with Gasteiger partial charge in [-0.05, 0) is 56.5 Å². The second kappa shape index (κ2) is 9.12. The van der Waals surface area contributed by atoms with E-state index in [1.165, 1.54) is 0 Å². The molecule has 0 saturated carbocycles. The first kappa shape index (κ1) is 20.8. The predicted octanol–water partition coefficient (Wildman–Crippen LogP) is 3.99. The highest BCUT2D eigenvalue weighted by molar-refractivity contribution is 5.91. The summed E-state index contributed by atoms with van der Waals surface area (Å²) in [6.45, 7) is 5.49. The number of aryl methyl sites for hydroxylation is 3. The van der Waals surface area contributed by atoms with Gasteiger partial charge in [-0.3, -0.25) is 14.5 Å². The molecule has 1 N–H and O–H groups in total. The van der Waals surface area contributed by atoms with Gasteiger partial charge in [-0.15, -0.1) is 0 Å². The highest BCUT2D eigenvalue weighted by Gasteiger charge is 2.25. The minimum atomic E-state index is 0.0312. The molecule has 1 amide bonds. The largest absolute Gasteiger partial charge is 0.340 e. The van der Waals surface area contributed by atoms with Crippen LogP contribution in [0.2, 0.25) is 0 Å². The zero-order chi connectivity index (χ0) is 21.8. The Morgan fingerprint density at radius 2 is 2.16 bits per heavy atom. The lowest BCUT2D eigenvalue weighted by Crippen LogP contribution is -2.38. The second-order valence-corrected chi connectivity index (χ2v) is 8.12. The number of likely N-dealkylation sites (tertiary alicyclic amines) is 1. The van der Waals surface area contributed by atoms with Crippen molar-refractivity contribution in [3.05, 3.63) is 71.4 Å². The number of carbonyl (C=O) groups is 1. The number of nitrogens with zero attached hydrogens (tertiary/aromatic N) is 5. The van der Waals surface area contributed by atoms with E-state index in [1.54, 1.807) is 23.2 Å². The van der Waals surface area contributed by atoms with Crippen molar-refractivity contribution in [2.45, 2.75) is 32.6 Å². The molecule has 1 fully saturated rings. The summed E-state index contributed by atoms with van der Waals surface area (Å²) >= 11 is 0. The molecule has 7 heteroatoms. The average molecular weight is 417 g/mol. The van der Waals surface area contributed by atoms with Crippen molar-refractivity contribution in [3.8, 4) is 0 Å². The van der Waals surface area contributed by atoms with E-state index >= 15 is 0 Å². The molecule has 0 unspecified atom stereocenters. The van der Waals surface area contributed by atoms with Crippen molar-refractivity contribution in [2.24, 2.45) is 7.05 Å². The van der Waals surface area contributed by atoms with E-state index in [0.717, 1.165) is 53.4 Å². The number of pyridine rings is 2. The molecule has 4 rings (SSSR count). The summed E-state index contributed by atoms with van der Waals surface area (Å²) in [5.41, 5.74) is 4.96. The lowest BCUT2D eigenvalue weighted by Gasteiger charge is -2.32. The normalized spacial score (nSPS) is 16.6. The second-order valence-electron chi connectivity index (χ2n) is 8.12. The van der Waals surface area contributed by atoms with Crippen LogP contribution < -0.4 is 5.32 Å². The van der Waals surface area contributed by atoms with E-state index in [4.69, 9.17) is 4.98 Å². The van der Waals surface area contributed by atoms with Crippen LogP contribution in [0.25, 0.3) is 6.08 Å². The highest BCUT2D eigenvalue weighted by Crippen LogP contribution is 2.29. The van der Waals surface area contributed by atoms with Crippen molar-refractivity contribution in [1.82, 2.24) is 24.6 Å². The molecule has 3 aromatic heterocycles. The highest BCUT2D eigenvalue weighted by atomic mass is 16.2. The van der Waals surface area contributed by atoms with Crippen molar-refractivity contribution in [3.63, 3.8) is 0 Å². The lowest BCUT2D eigenvalue weighted by atomic mass is 9.93. The van der Waals surface area contributed by atoms with Crippen LogP contribution in [-0.4, -0.2) is 43.6 Å². The average Bonchev–Trinajstić information content (AvgIpc) is 3.18. The summed E-state index contributed by atoms with van der Waals surface area (Å²) in [4.78, 5) is 23.9. The Morgan fingerprint density at radius 1 is 1.29 bits per heavy atom. The van der Waals surface area contributed by atoms with Crippen LogP contribution in [0.15, 0.2) is 48.9 Å². The van der Waals surface area contributed by atoms with E-state index in [2.05, 4.69) is 21.5 Å². The SMILES string of the molecule is Cc1cc(Nc2ncccc2C)cc([C@H]2CCCN(C(=O)/C=C/c3cnn(C)c3)C2)n1. The first-order chi connectivity index (χ1) is 15.0. The summed E-state index contributed by atoms with van der Waals surface area (Å²) in [5.74, 6) is 1.10. The zero-order valence-electron chi connectivity index (χ0n) is 18.2. The summed E-state index contributed by atoms with van der Waals surface area (Å²) < 4.78 is 1.72.